The Morgan fingerprint density at radius 3 is 2.56 bits per heavy atom. The molecule has 0 radical (unpaired) electrons. The van der Waals surface area contributed by atoms with Gasteiger partial charge >= 0.3 is 12.0 Å². The maximum absolute atomic E-state index is 12.2. The molecule has 1 aromatic heterocycles. The first kappa shape index (κ1) is 20.5. The quantitative estimate of drug-likeness (QED) is 0.784. The van der Waals surface area contributed by atoms with Gasteiger partial charge in [0.15, 0.2) is 6.10 Å². The zero-order valence-corrected chi connectivity index (χ0v) is 16.3. The van der Waals surface area contributed by atoms with Gasteiger partial charge in [-0.15, -0.1) is 0 Å². The molecule has 1 atom stereocenters. The lowest BCUT2D eigenvalue weighted by Crippen LogP contribution is -2.50. The van der Waals surface area contributed by atoms with Gasteiger partial charge in [-0.05, 0) is 45.7 Å². The summed E-state index contributed by atoms with van der Waals surface area (Å²) in [4.78, 5) is 35.9. The highest BCUT2D eigenvalue weighted by molar-refractivity contribution is 5.97. The Morgan fingerprint density at radius 2 is 1.93 bits per heavy atom. The van der Waals surface area contributed by atoms with Crippen LogP contribution in [0.3, 0.4) is 0 Å². The van der Waals surface area contributed by atoms with E-state index in [1.807, 2.05) is 18.2 Å². The highest BCUT2D eigenvalue weighted by Crippen LogP contribution is 2.23. The summed E-state index contributed by atoms with van der Waals surface area (Å²) in [7, 11) is 0. The maximum atomic E-state index is 12.2. The molecule has 7 nitrogen and oxygen atoms in total. The van der Waals surface area contributed by atoms with Crippen LogP contribution in [0.2, 0.25) is 0 Å². The number of carbonyl (C=O) groups is 3. The van der Waals surface area contributed by atoms with Crippen molar-refractivity contribution in [1.82, 2.24) is 10.6 Å². The van der Waals surface area contributed by atoms with Crippen molar-refractivity contribution in [3.05, 3.63) is 35.6 Å². The van der Waals surface area contributed by atoms with Gasteiger partial charge in [0.1, 0.15) is 5.58 Å². The first-order valence-electron chi connectivity index (χ1n) is 8.90. The summed E-state index contributed by atoms with van der Waals surface area (Å²) in [6.07, 6.45) is 1.30. The molecule has 0 aliphatic rings. The molecule has 0 saturated carbocycles. The van der Waals surface area contributed by atoms with Crippen molar-refractivity contribution in [3.8, 4) is 0 Å². The van der Waals surface area contributed by atoms with Gasteiger partial charge in [-0.25, -0.2) is 4.79 Å². The molecular weight excluding hydrogens is 348 g/mol. The summed E-state index contributed by atoms with van der Waals surface area (Å²) < 4.78 is 10.6. The zero-order valence-electron chi connectivity index (χ0n) is 16.3. The summed E-state index contributed by atoms with van der Waals surface area (Å²) in [5, 5.41) is 5.60. The molecule has 146 valence electrons. The summed E-state index contributed by atoms with van der Waals surface area (Å²) in [6.45, 7) is 8.84. The number of aryl methyl sites for hydroxylation is 1. The number of rotatable bonds is 5. The van der Waals surface area contributed by atoms with E-state index in [4.69, 9.17) is 9.15 Å². The van der Waals surface area contributed by atoms with Crippen LogP contribution in [-0.4, -0.2) is 29.6 Å². The minimum Gasteiger partial charge on any atom is -0.464 e. The molecule has 0 bridgehead atoms. The molecule has 2 N–H and O–H groups in total. The molecule has 27 heavy (non-hydrogen) atoms. The van der Waals surface area contributed by atoms with Crippen LogP contribution in [0.25, 0.3) is 11.0 Å². The molecule has 0 fully saturated rings. The topological polar surface area (TPSA) is 97.6 Å². The largest absolute Gasteiger partial charge is 0.464 e. The number of fused-ring (bicyclic) bond motifs is 1. The van der Waals surface area contributed by atoms with Crippen molar-refractivity contribution in [2.24, 2.45) is 0 Å². The SMILES string of the molecule is CCc1ccc2c(CC(=O)O[C@@H](C)C(=O)NC(=O)NC(C)(C)C)coc2c1. The Balaban J connectivity index is 1.93. The number of ether oxygens (including phenoxy) is 1. The van der Waals surface area contributed by atoms with Gasteiger partial charge in [0, 0.05) is 16.5 Å². The van der Waals surface area contributed by atoms with Crippen LogP contribution in [0.15, 0.2) is 28.9 Å². The van der Waals surface area contributed by atoms with E-state index in [-0.39, 0.29) is 6.42 Å². The van der Waals surface area contributed by atoms with Crippen molar-refractivity contribution in [1.29, 1.82) is 0 Å². The van der Waals surface area contributed by atoms with Gasteiger partial charge in [-0.1, -0.05) is 19.1 Å². The third kappa shape index (κ3) is 5.84. The Bertz CT molecular complexity index is 848. The number of benzene rings is 1. The number of esters is 1. The average Bonchev–Trinajstić information content (AvgIpc) is 2.94. The molecule has 0 aliphatic carbocycles. The third-order valence-corrected chi connectivity index (χ3v) is 3.87. The number of imide groups is 1. The molecule has 0 spiro atoms. The van der Waals surface area contributed by atoms with Crippen LogP contribution in [0.5, 0.6) is 0 Å². The molecule has 1 aromatic carbocycles. The van der Waals surface area contributed by atoms with E-state index in [1.54, 1.807) is 20.8 Å². The van der Waals surface area contributed by atoms with E-state index >= 15 is 0 Å². The first-order valence-corrected chi connectivity index (χ1v) is 8.90. The first-order chi connectivity index (χ1) is 12.6. The fourth-order valence-electron chi connectivity index (χ4n) is 2.52. The fraction of sp³-hybridized carbons (Fsp3) is 0.450. The Morgan fingerprint density at radius 1 is 1.22 bits per heavy atom. The van der Waals surface area contributed by atoms with Crippen molar-refractivity contribution in [2.75, 3.05) is 0 Å². The van der Waals surface area contributed by atoms with Crippen LogP contribution in [0.1, 0.15) is 45.7 Å². The number of furan rings is 1. The van der Waals surface area contributed by atoms with Crippen molar-refractivity contribution >= 4 is 28.9 Å². The summed E-state index contributed by atoms with van der Waals surface area (Å²) in [5.41, 5.74) is 2.06. The monoisotopic (exact) mass is 374 g/mol. The van der Waals surface area contributed by atoms with Gasteiger partial charge in [0.2, 0.25) is 0 Å². The van der Waals surface area contributed by atoms with E-state index in [1.165, 1.54) is 13.2 Å². The van der Waals surface area contributed by atoms with Crippen LogP contribution in [0, 0.1) is 0 Å². The average molecular weight is 374 g/mol. The number of hydrogen-bond donors (Lipinski definition) is 2. The highest BCUT2D eigenvalue weighted by atomic mass is 16.5. The van der Waals surface area contributed by atoms with E-state index < -0.39 is 29.6 Å². The lowest BCUT2D eigenvalue weighted by atomic mass is 10.1. The molecule has 0 aliphatic heterocycles. The number of hydrogen-bond acceptors (Lipinski definition) is 5. The van der Waals surface area contributed by atoms with Crippen LogP contribution < -0.4 is 10.6 Å². The van der Waals surface area contributed by atoms with Crippen molar-refractivity contribution in [3.63, 3.8) is 0 Å². The molecule has 3 amide bonds. The van der Waals surface area contributed by atoms with E-state index in [0.717, 1.165) is 17.4 Å². The molecular formula is C20H26N2O5. The van der Waals surface area contributed by atoms with Crippen molar-refractivity contribution < 1.29 is 23.5 Å². The van der Waals surface area contributed by atoms with E-state index in [2.05, 4.69) is 17.6 Å². The zero-order chi connectivity index (χ0) is 20.2. The van der Waals surface area contributed by atoms with E-state index in [9.17, 15) is 14.4 Å². The fourth-order valence-corrected chi connectivity index (χ4v) is 2.52. The number of amides is 3. The van der Waals surface area contributed by atoms with Crippen LogP contribution >= 0.6 is 0 Å². The second-order valence-electron chi connectivity index (χ2n) is 7.45. The molecule has 2 aromatic rings. The molecule has 2 rings (SSSR count). The second-order valence-corrected chi connectivity index (χ2v) is 7.45. The lowest BCUT2D eigenvalue weighted by Gasteiger charge is -2.21. The van der Waals surface area contributed by atoms with Gasteiger partial charge in [0.25, 0.3) is 5.91 Å². The molecule has 0 saturated heterocycles. The summed E-state index contributed by atoms with van der Waals surface area (Å²) in [6, 6.07) is 5.20. The minimum atomic E-state index is -1.09. The second kappa shape index (κ2) is 8.24. The normalized spacial score (nSPS) is 12.5. The maximum Gasteiger partial charge on any atom is 0.321 e. The van der Waals surface area contributed by atoms with Gasteiger partial charge in [-0.3, -0.25) is 14.9 Å². The predicted octanol–water partition coefficient (Wildman–Crippen LogP) is 3.09. The standard InChI is InChI=1S/C20H26N2O5/c1-6-13-7-8-15-14(11-26-16(15)9-13)10-17(23)27-12(2)18(24)21-19(25)22-20(3,4)5/h7-9,11-12H,6,10H2,1-5H3,(H2,21,22,24,25)/t12-/m0/s1. The predicted molar refractivity (Wildman–Crippen MR) is 101 cm³/mol. The third-order valence-electron chi connectivity index (χ3n) is 3.87. The van der Waals surface area contributed by atoms with Crippen molar-refractivity contribution in [2.45, 2.75) is 59.1 Å². The Labute approximate surface area is 158 Å². The molecule has 7 heteroatoms. The summed E-state index contributed by atoms with van der Waals surface area (Å²) in [5.74, 6) is -1.26. The molecule has 1 heterocycles. The minimum absolute atomic E-state index is 0.0235. The smallest absolute Gasteiger partial charge is 0.321 e. The van der Waals surface area contributed by atoms with Crippen LogP contribution in [0.4, 0.5) is 4.79 Å². The van der Waals surface area contributed by atoms with Gasteiger partial charge in [0.05, 0.1) is 12.7 Å². The van der Waals surface area contributed by atoms with Gasteiger partial charge < -0.3 is 14.5 Å². The lowest BCUT2D eigenvalue weighted by molar-refractivity contribution is -0.153. The van der Waals surface area contributed by atoms with E-state index in [0.29, 0.717) is 11.1 Å². The van der Waals surface area contributed by atoms with Crippen LogP contribution in [-0.2, 0) is 27.2 Å². The Hall–Kier alpha value is -2.83. The number of carbonyl (C=O) groups excluding carboxylic acids is 3. The summed E-state index contributed by atoms with van der Waals surface area (Å²) >= 11 is 0. The molecule has 0 unspecified atom stereocenters. The number of nitrogens with one attached hydrogen (secondary N) is 2. The highest BCUT2D eigenvalue weighted by Gasteiger charge is 2.22. The van der Waals surface area contributed by atoms with Gasteiger partial charge in [-0.2, -0.15) is 0 Å². The number of urea groups is 1. The Kier molecular flexibility index (Phi) is 6.25.